The summed E-state index contributed by atoms with van der Waals surface area (Å²) in [6, 6.07) is 18.7. The van der Waals surface area contributed by atoms with Crippen LogP contribution in [0.2, 0.25) is 0 Å². The summed E-state index contributed by atoms with van der Waals surface area (Å²) in [5.41, 5.74) is 5.35. The number of nitrogens with one attached hydrogen (secondary N) is 2. The lowest BCUT2D eigenvalue weighted by atomic mass is 10.0. The molecule has 3 aromatic rings. The van der Waals surface area contributed by atoms with E-state index in [0.29, 0.717) is 23.4 Å². The van der Waals surface area contributed by atoms with Gasteiger partial charge in [-0.2, -0.15) is 5.10 Å². The van der Waals surface area contributed by atoms with Gasteiger partial charge in [-0.25, -0.2) is 5.43 Å². The van der Waals surface area contributed by atoms with E-state index in [1.165, 1.54) is 0 Å². The number of hydrazone groups is 1. The van der Waals surface area contributed by atoms with Crippen molar-refractivity contribution in [2.45, 2.75) is 12.8 Å². The molecule has 132 valence electrons. The Hall–Kier alpha value is -2.86. The molecule has 1 amide bonds. The Labute approximate surface area is 159 Å². The molecule has 0 aliphatic heterocycles. The van der Waals surface area contributed by atoms with Crippen molar-refractivity contribution in [1.29, 1.82) is 0 Å². The Morgan fingerprint density at radius 3 is 2.54 bits per heavy atom. The number of aromatic nitrogens is 1. The van der Waals surface area contributed by atoms with Crippen LogP contribution < -0.4 is 5.43 Å². The molecule has 3 rings (SSSR count). The molecule has 0 atom stereocenters. The number of aryl methyl sites for hydroxylation is 1. The minimum absolute atomic E-state index is 0.135. The third-order valence-corrected chi connectivity index (χ3v) is 4.35. The van der Waals surface area contributed by atoms with Gasteiger partial charge in [-0.15, -0.1) is 0 Å². The molecule has 1 aromatic heterocycles. The first kappa shape index (κ1) is 17.9. The molecular formula is C20H18BrN3O2. The Morgan fingerprint density at radius 1 is 1.12 bits per heavy atom. The molecule has 0 fully saturated rings. The van der Waals surface area contributed by atoms with Gasteiger partial charge in [0.1, 0.15) is 11.4 Å². The molecule has 0 radical (unpaired) electrons. The first-order valence-corrected chi connectivity index (χ1v) is 8.96. The molecule has 0 saturated heterocycles. The number of carbonyl (C=O) groups excluding carboxylic acids is 1. The van der Waals surface area contributed by atoms with Gasteiger partial charge in [-0.1, -0.05) is 42.5 Å². The topological polar surface area (TPSA) is 77.5 Å². The molecule has 0 unspecified atom stereocenters. The predicted octanol–water partition coefficient (Wildman–Crippen LogP) is 4.25. The van der Waals surface area contributed by atoms with Gasteiger partial charge >= 0.3 is 0 Å². The highest BCUT2D eigenvalue weighted by Crippen LogP contribution is 2.19. The predicted molar refractivity (Wildman–Crippen MR) is 105 cm³/mol. The van der Waals surface area contributed by atoms with Gasteiger partial charge in [0.05, 0.1) is 5.71 Å². The van der Waals surface area contributed by atoms with Crippen LogP contribution in [0.25, 0.3) is 0 Å². The van der Waals surface area contributed by atoms with Crippen molar-refractivity contribution in [3.63, 3.8) is 0 Å². The van der Waals surface area contributed by atoms with E-state index in [2.05, 4.69) is 31.4 Å². The maximum absolute atomic E-state index is 12.2. The van der Waals surface area contributed by atoms with Crippen LogP contribution in [0.3, 0.4) is 0 Å². The second-order valence-electron chi connectivity index (χ2n) is 5.73. The molecule has 3 N–H and O–H groups in total. The highest BCUT2D eigenvalue weighted by Gasteiger charge is 2.12. The number of benzene rings is 2. The summed E-state index contributed by atoms with van der Waals surface area (Å²) in [5, 5.41) is 14.4. The van der Waals surface area contributed by atoms with Gasteiger partial charge in [0.25, 0.3) is 5.91 Å². The van der Waals surface area contributed by atoms with Gasteiger partial charge in [0, 0.05) is 16.2 Å². The van der Waals surface area contributed by atoms with Gasteiger partial charge in [-0.05, 0) is 52.5 Å². The standard InChI is InChI=1S/C20H18BrN3O2/c21-15-12-18(22-13-15)20(26)24-23-17(16-8-4-5-9-19(16)25)11-10-14-6-2-1-3-7-14/h1-9,12-13,22,25H,10-11H2,(H,24,26)/b23-17+. The Morgan fingerprint density at radius 2 is 1.85 bits per heavy atom. The summed E-state index contributed by atoms with van der Waals surface area (Å²) in [4.78, 5) is 15.1. The SMILES string of the molecule is O=C(N/N=C(\CCc1ccccc1)c1ccccc1O)c1cc(Br)c[nH]1. The minimum Gasteiger partial charge on any atom is -0.507 e. The first-order valence-electron chi connectivity index (χ1n) is 8.16. The quantitative estimate of drug-likeness (QED) is 0.418. The number of para-hydroxylation sites is 1. The van der Waals surface area contributed by atoms with E-state index in [1.54, 1.807) is 30.5 Å². The third-order valence-electron chi connectivity index (χ3n) is 3.89. The largest absolute Gasteiger partial charge is 0.507 e. The van der Waals surface area contributed by atoms with Crippen LogP contribution in [0.15, 0.2) is 76.4 Å². The Kier molecular flexibility index (Phi) is 5.86. The van der Waals surface area contributed by atoms with Crippen LogP contribution in [0.5, 0.6) is 5.75 Å². The van der Waals surface area contributed by atoms with Crippen LogP contribution in [0.1, 0.15) is 28.0 Å². The van der Waals surface area contributed by atoms with E-state index in [9.17, 15) is 9.90 Å². The fourth-order valence-corrected chi connectivity index (χ4v) is 2.90. The van der Waals surface area contributed by atoms with Crippen LogP contribution >= 0.6 is 15.9 Å². The van der Waals surface area contributed by atoms with Crippen LogP contribution in [0, 0.1) is 0 Å². The normalized spacial score (nSPS) is 11.3. The Balaban J connectivity index is 1.80. The number of hydrogen-bond donors (Lipinski definition) is 3. The zero-order valence-corrected chi connectivity index (χ0v) is 15.5. The third kappa shape index (κ3) is 4.61. The summed E-state index contributed by atoms with van der Waals surface area (Å²) in [6.07, 6.45) is 3.01. The lowest BCUT2D eigenvalue weighted by Gasteiger charge is -2.09. The van der Waals surface area contributed by atoms with E-state index in [0.717, 1.165) is 16.5 Å². The second-order valence-corrected chi connectivity index (χ2v) is 6.65. The number of aromatic hydroxyl groups is 1. The highest BCUT2D eigenvalue weighted by molar-refractivity contribution is 9.10. The highest BCUT2D eigenvalue weighted by atomic mass is 79.9. The summed E-state index contributed by atoms with van der Waals surface area (Å²) < 4.78 is 0.789. The van der Waals surface area contributed by atoms with Crippen LogP contribution in [0.4, 0.5) is 0 Å². The lowest BCUT2D eigenvalue weighted by molar-refractivity contribution is 0.0950. The van der Waals surface area contributed by atoms with E-state index < -0.39 is 0 Å². The van der Waals surface area contributed by atoms with Gasteiger partial charge in [0.15, 0.2) is 0 Å². The zero-order chi connectivity index (χ0) is 18.4. The number of phenols is 1. The molecule has 2 aromatic carbocycles. The molecule has 0 spiro atoms. The molecule has 0 saturated carbocycles. The molecule has 5 nitrogen and oxygen atoms in total. The van der Waals surface area contributed by atoms with Crippen molar-refractivity contribution in [3.8, 4) is 5.75 Å². The van der Waals surface area contributed by atoms with Crippen molar-refractivity contribution in [2.75, 3.05) is 0 Å². The number of aromatic amines is 1. The molecule has 1 heterocycles. The molecule has 0 aliphatic carbocycles. The van der Waals surface area contributed by atoms with Crippen molar-refractivity contribution in [3.05, 3.63) is 88.2 Å². The van der Waals surface area contributed by atoms with Crippen molar-refractivity contribution >= 4 is 27.5 Å². The minimum atomic E-state index is -0.344. The van der Waals surface area contributed by atoms with Crippen LogP contribution in [-0.2, 0) is 6.42 Å². The second kappa shape index (κ2) is 8.49. The monoisotopic (exact) mass is 411 g/mol. The fraction of sp³-hybridized carbons (Fsp3) is 0.100. The summed E-state index contributed by atoms with van der Waals surface area (Å²) in [5.74, 6) is -0.209. The lowest BCUT2D eigenvalue weighted by Crippen LogP contribution is -2.20. The number of halogens is 1. The maximum Gasteiger partial charge on any atom is 0.287 e. The zero-order valence-electron chi connectivity index (χ0n) is 13.9. The molecule has 0 bridgehead atoms. The summed E-state index contributed by atoms with van der Waals surface area (Å²) in [6.45, 7) is 0. The number of hydrogen-bond acceptors (Lipinski definition) is 3. The van der Waals surface area contributed by atoms with Crippen molar-refractivity contribution in [1.82, 2.24) is 10.4 Å². The smallest absolute Gasteiger partial charge is 0.287 e. The maximum atomic E-state index is 12.2. The Bertz CT molecular complexity index is 920. The fourth-order valence-electron chi connectivity index (χ4n) is 2.55. The number of H-pyrrole nitrogens is 1. The molecular weight excluding hydrogens is 394 g/mol. The van der Waals surface area contributed by atoms with E-state index in [4.69, 9.17) is 0 Å². The first-order chi connectivity index (χ1) is 12.6. The average Bonchev–Trinajstić information content (AvgIpc) is 3.10. The summed E-state index contributed by atoms with van der Waals surface area (Å²) in [7, 11) is 0. The number of phenolic OH excluding ortho intramolecular Hbond substituents is 1. The summed E-state index contributed by atoms with van der Waals surface area (Å²) >= 11 is 3.30. The van der Waals surface area contributed by atoms with Crippen molar-refractivity contribution < 1.29 is 9.90 Å². The van der Waals surface area contributed by atoms with Crippen molar-refractivity contribution in [2.24, 2.45) is 5.10 Å². The van der Waals surface area contributed by atoms with Gasteiger partial charge in [-0.3, -0.25) is 4.79 Å². The number of rotatable bonds is 6. The number of amides is 1. The molecule has 0 aliphatic rings. The van der Waals surface area contributed by atoms with Gasteiger partial charge in [0.2, 0.25) is 0 Å². The molecule has 6 heteroatoms. The average molecular weight is 412 g/mol. The van der Waals surface area contributed by atoms with E-state index >= 15 is 0 Å². The van der Waals surface area contributed by atoms with Crippen LogP contribution in [-0.4, -0.2) is 21.7 Å². The van der Waals surface area contributed by atoms with E-state index in [-0.39, 0.29) is 11.7 Å². The molecule has 26 heavy (non-hydrogen) atoms. The van der Waals surface area contributed by atoms with E-state index in [1.807, 2.05) is 36.4 Å². The van der Waals surface area contributed by atoms with Gasteiger partial charge < -0.3 is 10.1 Å². The number of carbonyl (C=O) groups is 1. The number of nitrogens with zero attached hydrogens (tertiary/aromatic N) is 1.